The van der Waals surface area contributed by atoms with E-state index < -0.39 is 12.8 Å². The van der Waals surface area contributed by atoms with Crippen LogP contribution in [0.2, 0.25) is 0 Å². The summed E-state index contributed by atoms with van der Waals surface area (Å²) in [6.07, 6.45) is 0.463. The highest BCUT2D eigenvalue weighted by atomic mass is 19.4. The Hall–Kier alpha value is -2.64. The van der Waals surface area contributed by atoms with E-state index in [2.05, 4.69) is 15.3 Å². The zero-order valence-corrected chi connectivity index (χ0v) is 12.9. The number of carbonyl (C=O) groups is 1. The number of nitrogens with zero attached hydrogens (tertiary/aromatic N) is 2. The Morgan fingerprint density at radius 2 is 2.00 bits per heavy atom. The molecule has 0 bridgehead atoms. The number of alkyl halides is 3. The highest BCUT2D eigenvalue weighted by molar-refractivity contribution is 5.93. The molecular weight excluding hydrogens is 323 g/mol. The van der Waals surface area contributed by atoms with E-state index in [1.54, 1.807) is 25.1 Å². The van der Waals surface area contributed by atoms with Gasteiger partial charge in [-0.25, -0.2) is 4.98 Å². The highest BCUT2D eigenvalue weighted by Gasteiger charge is 2.29. The smallest absolute Gasteiger partial charge is 0.422 e. The number of aromatic nitrogens is 2. The third-order valence-electron chi connectivity index (χ3n) is 3.13. The molecule has 1 amide bonds. The third kappa shape index (κ3) is 5.22. The molecule has 0 radical (unpaired) electrons. The van der Waals surface area contributed by atoms with Crippen LogP contribution < -0.4 is 10.1 Å². The second-order valence-corrected chi connectivity index (χ2v) is 4.98. The van der Waals surface area contributed by atoms with E-state index in [9.17, 15) is 18.0 Å². The number of hydrogen-bond donors (Lipinski definition) is 1. The van der Waals surface area contributed by atoms with Gasteiger partial charge in [-0.05, 0) is 30.2 Å². The standard InChI is InChI=1S/C16H16F3N3O2/c1-2-12-7-11(9-22-15(12)24-10-16(17,18)19)8-21-14(23)13-3-5-20-6-4-13/h3-7,9H,2,8,10H2,1H3,(H,21,23). The van der Waals surface area contributed by atoms with Gasteiger partial charge in [0.1, 0.15) is 0 Å². The fourth-order valence-corrected chi connectivity index (χ4v) is 1.97. The Bertz CT molecular complexity index is 691. The van der Waals surface area contributed by atoms with E-state index in [1.807, 2.05) is 0 Å². The Morgan fingerprint density at radius 1 is 1.29 bits per heavy atom. The predicted molar refractivity (Wildman–Crippen MR) is 80.6 cm³/mol. The summed E-state index contributed by atoms with van der Waals surface area (Å²) in [6, 6.07) is 4.84. The minimum atomic E-state index is -4.41. The molecule has 0 aliphatic rings. The molecular formula is C16H16F3N3O2. The first-order valence-corrected chi connectivity index (χ1v) is 7.24. The van der Waals surface area contributed by atoms with Gasteiger partial charge in [-0.2, -0.15) is 13.2 Å². The van der Waals surface area contributed by atoms with Gasteiger partial charge in [0.05, 0.1) is 0 Å². The number of pyridine rings is 2. The predicted octanol–water partition coefficient (Wildman–Crippen LogP) is 2.91. The first-order chi connectivity index (χ1) is 11.4. The minimum Gasteiger partial charge on any atom is -0.468 e. The van der Waals surface area contributed by atoms with Crippen molar-refractivity contribution in [1.29, 1.82) is 0 Å². The van der Waals surface area contributed by atoms with Crippen LogP contribution in [0.5, 0.6) is 5.88 Å². The highest BCUT2D eigenvalue weighted by Crippen LogP contribution is 2.21. The lowest BCUT2D eigenvalue weighted by atomic mass is 10.1. The second-order valence-electron chi connectivity index (χ2n) is 4.98. The third-order valence-corrected chi connectivity index (χ3v) is 3.13. The molecule has 0 saturated carbocycles. The molecule has 2 rings (SSSR count). The number of rotatable bonds is 6. The molecule has 24 heavy (non-hydrogen) atoms. The van der Waals surface area contributed by atoms with Crippen molar-refractivity contribution in [3.8, 4) is 5.88 Å². The lowest BCUT2D eigenvalue weighted by Crippen LogP contribution is -2.23. The molecule has 1 N–H and O–H groups in total. The van der Waals surface area contributed by atoms with Crippen molar-refractivity contribution in [2.45, 2.75) is 26.1 Å². The quantitative estimate of drug-likeness (QED) is 0.879. The van der Waals surface area contributed by atoms with Crippen LogP contribution in [0.15, 0.2) is 36.8 Å². The summed E-state index contributed by atoms with van der Waals surface area (Å²) >= 11 is 0. The van der Waals surface area contributed by atoms with Crippen LogP contribution in [0.4, 0.5) is 13.2 Å². The largest absolute Gasteiger partial charge is 0.468 e. The van der Waals surface area contributed by atoms with Gasteiger partial charge in [-0.15, -0.1) is 0 Å². The van der Waals surface area contributed by atoms with E-state index >= 15 is 0 Å². The lowest BCUT2D eigenvalue weighted by Gasteiger charge is -2.13. The van der Waals surface area contributed by atoms with E-state index in [1.165, 1.54) is 18.6 Å². The van der Waals surface area contributed by atoms with Crippen molar-refractivity contribution in [1.82, 2.24) is 15.3 Å². The topological polar surface area (TPSA) is 64.1 Å². The molecule has 0 spiro atoms. The van der Waals surface area contributed by atoms with Crippen LogP contribution in [0, 0.1) is 0 Å². The molecule has 2 heterocycles. The fourth-order valence-electron chi connectivity index (χ4n) is 1.97. The Balaban J connectivity index is 2.00. The van der Waals surface area contributed by atoms with Gasteiger partial charge in [-0.1, -0.05) is 6.92 Å². The van der Waals surface area contributed by atoms with E-state index in [0.717, 1.165) is 0 Å². The van der Waals surface area contributed by atoms with Crippen molar-refractivity contribution in [3.63, 3.8) is 0 Å². The number of amides is 1. The van der Waals surface area contributed by atoms with Gasteiger partial charge in [-0.3, -0.25) is 9.78 Å². The van der Waals surface area contributed by atoms with Crippen molar-refractivity contribution in [2.24, 2.45) is 0 Å². The van der Waals surface area contributed by atoms with Gasteiger partial charge >= 0.3 is 6.18 Å². The maximum atomic E-state index is 12.2. The zero-order chi connectivity index (χ0) is 17.6. The number of halogens is 3. The van der Waals surface area contributed by atoms with Crippen molar-refractivity contribution < 1.29 is 22.7 Å². The summed E-state index contributed by atoms with van der Waals surface area (Å²) in [4.78, 5) is 19.7. The molecule has 5 nitrogen and oxygen atoms in total. The molecule has 0 aliphatic heterocycles. The molecule has 2 aromatic heterocycles. The Kier molecular flexibility index (Phi) is 5.73. The number of ether oxygens (including phenoxy) is 1. The Labute approximate surface area is 136 Å². The number of aryl methyl sites for hydroxylation is 1. The first kappa shape index (κ1) is 17.7. The fraction of sp³-hybridized carbons (Fsp3) is 0.312. The van der Waals surface area contributed by atoms with Crippen LogP contribution in [0.1, 0.15) is 28.4 Å². The summed E-state index contributed by atoms with van der Waals surface area (Å²) in [6.45, 7) is 0.614. The Morgan fingerprint density at radius 3 is 2.62 bits per heavy atom. The van der Waals surface area contributed by atoms with Crippen LogP contribution in [0.25, 0.3) is 0 Å². The van der Waals surface area contributed by atoms with Crippen LogP contribution in [-0.2, 0) is 13.0 Å². The average molecular weight is 339 g/mol. The van der Waals surface area contributed by atoms with Gasteiger partial charge in [0.15, 0.2) is 6.61 Å². The van der Waals surface area contributed by atoms with Crippen molar-refractivity contribution in [3.05, 3.63) is 53.5 Å². The zero-order valence-electron chi connectivity index (χ0n) is 12.9. The maximum absolute atomic E-state index is 12.2. The summed E-state index contributed by atoms with van der Waals surface area (Å²) in [5.74, 6) is -0.313. The first-order valence-electron chi connectivity index (χ1n) is 7.24. The van der Waals surface area contributed by atoms with E-state index in [-0.39, 0.29) is 18.3 Å². The SMILES string of the molecule is CCc1cc(CNC(=O)c2ccncc2)cnc1OCC(F)(F)F. The summed E-state index contributed by atoms with van der Waals surface area (Å²) in [7, 11) is 0. The van der Waals surface area contributed by atoms with Gasteiger partial charge in [0.25, 0.3) is 5.91 Å². The van der Waals surface area contributed by atoms with Gasteiger partial charge in [0.2, 0.25) is 5.88 Å². The molecule has 128 valence electrons. The summed E-state index contributed by atoms with van der Waals surface area (Å²) in [5.41, 5.74) is 1.70. The van der Waals surface area contributed by atoms with Gasteiger partial charge < -0.3 is 10.1 Å². The number of nitrogens with one attached hydrogen (secondary N) is 1. The lowest BCUT2D eigenvalue weighted by molar-refractivity contribution is -0.154. The second kappa shape index (κ2) is 7.76. The average Bonchev–Trinajstić information content (AvgIpc) is 2.58. The molecule has 8 heteroatoms. The molecule has 0 saturated heterocycles. The molecule has 0 unspecified atom stereocenters. The van der Waals surface area contributed by atoms with Crippen LogP contribution >= 0.6 is 0 Å². The van der Waals surface area contributed by atoms with E-state index in [4.69, 9.17) is 4.74 Å². The minimum absolute atomic E-state index is 0.0426. The molecule has 0 aromatic carbocycles. The van der Waals surface area contributed by atoms with Crippen LogP contribution in [-0.4, -0.2) is 28.7 Å². The van der Waals surface area contributed by atoms with E-state index in [0.29, 0.717) is 23.1 Å². The van der Waals surface area contributed by atoms with Crippen molar-refractivity contribution >= 4 is 5.91 Å². The van der Waals surface area contributed by atoms with Crippen molar-refractivity contribution in [2.75, 3.05) is 6.61 Å². The monoisotopic (exact) mass is 339 g/mol. The number of carbonyl (C=O) groups excluding carboxylic acids is 1. The molecule has 0 atom stereocenters. The molecule has 2 aromatic rings. The maximum Gasteiger partial charge on any atom is 0.422 e. The molecule has 0 fully saturated rings. The number of hydrogen-bond acceptors (Lipinski definition) is 4. The molecule has 0 aliphatic carbocycles. The summed E-state index contributed by atoms with van der Waals surface area (Å²) < 4.78 is 41.4. The van der Waals surface area contributed by atoms with Gasteiger partial charge in [0, 0.05) is 36.3 Å². The van der Waals surface area contributed by atoms with Crippen LogP contribution in [0.3, 0.4) is 0 Å². The normalized spacial score (nSPS) is 11.2. The summed E-state index contributed by atoms with van der Waals surface area (Å²) in [5, 5.41) is 2.71.